The van der Waals surface area contributed by atoms with Crippen molar-refractivity contribution in [1.82, 2.24) is 14.8 Å². The van der Waals surface area contributed by atoms with Crippen molar-refractivity contribution >= 4 is 15.9 Å². The number of H-pyrrole nitrogens is 1. The van der Waals surface area contributed by atoms with E-state index < -0.39 is 23.0 Å². The number of halogens is 4. The van der Waals surface area contributed by atoms with Crippen LogP contribution in [0, 0.1) is 0 Å². The second kappa shape index (κ2) is 5.84. The molecule has 0 aliphatic carbocycles. The zero-order valence-corrected chi connectivity index (χ0v) is 12.0. The second-order valence-corrected chi connectivity index (χ2v) is 4.97. The Morgan fingerprint density at radius 1 is 1.29 bits per heavy atom. The summed E-state index contributed by atoms with van der Waals surface area (Å²) >= 11 is 2.88. The molecule has 0 saturated heterocycles. The van der Waals surface area contributed by atoms with Crippen LogP contribution in [0.4, 0.5) is 13.2 Å². The van der Waals surface area contributed by atoms with E-state index >= 15 is 0 Å². The van der Waals surface area contributed by atoms with Crippen molar-refractivity contribution in [2.45, 2.75) is 19.1 Å². The molecule has 0 saturated carbocycles. The minimum atomic E-state index is -4.41. The summed E-state index contributed by atoms with van der Waals surface area (Å²) in [6.07, 6.45) is -4.23. The van der Waals surface area contributed by atoms with Crippen LogP contribution in [0.5, 0.6) is 0 Å². The lowest BCUT2D eigenvalue weighted by Gasteiger charge is -2.09. The number of rotatable bonds is 3. The van der Waals surface area contributed by atoms with Crippen molar-refractivity contribution in [2.75, 3.05) is 0 Å². The molecule has 2 rings (SSSR count). The molecule has 5 nitrogen and oxygen atoms in total. The van der Waals surface area contributed by atoms with Crippen LogP contribution in [0.3, 0.4) is 0 Å². The number of hydrogen-bond donors (Lipinski definition) is 1. The molecule has 0 aliphatic rings. The standard InChI is InChI=1S/C12H9BrF3N3O2/c13-9-10(20)17-11(21)19(18-9)5-4-7-2-1-3-8(6-7)12(14,15)16/h1-3,6H,4-5H2,(H,17,20,21). The van der Waals surface area contributed by atoms with Gasteiger partial charge in [0.1, 0.15) is 0 Å². The summed E-state index contributed by atoms with van der Waals surface area (Å²) in [6.45, 7) is 0.0511. The maximum Gasteiger partial charge on any atom is 0.416 e. The fraction of sp³-hybridized carbons (Fsp3) is 0.250. The number of aryl methyl sites for hydroxylation is 2. The molecule has 1 aromatic carbocycles. The van der Waals surface area contributed by atoms with E-state index in [1.54, 1.807) is 0 Å². The van der Waals surface area contributed by atoms with Crippen LogP contribution >= 0.6 is 15.9 Å². The fourth-order valence-corrected chi connectivity index (χ4v) is 1.99. The van der Waals surface area contributed by atoms with E-state index in [4.69, 9.17) is 0 Å². The summed E-state index contributed by atoms with van der Waals surface area (Å²) in [4.78, 5) is 24.6. The van der Waals surface area contributed by atoms with Gasteiger partial charge in [0.2, 0.25) is 0 Å². The first-order valence-corrected chi connectivity index (χ1v) is 6.60. The minimum absolute atomic E-state index is 0.0511. The van der Waals surface area contributed by atoms with E-state index in [1.807, 2.05) is 4.98 Å². The van der Waals surface area contributed by atoms with Gasteiger partial charge in [0.15, 0.2) is 4.60 Å². The normalized spacial score (nSPS) is 11.6. The molecule has 0 bridgehead atoms. The molecule has 0 amide bonds. The molecule has 21 heavy (non-hydrogen) atoms. The Labute approximate surface area is 124 Å². The molecular formula is C12H9BrF3N3O2. The van der Waals surface area contributed by atoms with Crippen molar-refractivity contribution in [3.05, 3.63) is 60.8 Å². The van der Waals surface area contributed by atoms with Gasteiger partial charge in [0.25, 0.3) is 5.56 Å². The van der Waals surface area contributed by atoms with Gasteiger partial charge in [-0.05, 0) is 34.0 Å². The maximum absolute atomic E-state index is 12.6. The Morgan fingerprint density at radius 3 is 2.67 bits per heavy atom. The highest BCUT2D eigenvalue weighted by molar-refractivity contribution is 9.10. The summed E-state index contributed by atoms with van der Waals surface area (Å²) in [5.74, 6) is 0. The Bertz CT molecular complexity index is 767. The Hall–Kier alpha value is -1.90. The number of nitrogens with one attached hydrogen (secondary N) is 1. The third-order valence-corrected chi connectivity index (χ3v) is 3.24. The largest absolute Gasteiger partial charge is 0.416 e. The van der Waals surface area contributed by atoms with Crippen LogP contribution in [0.1, 0.15) is 11.1 Å². The van der Waals surface area contributed by atoms with Crippen molar-refractivity contribution in [3.8, 4) is 0 Å². The Morgan fingerprint density at radius 2 is 2.00 bits per heavy atom. The van der Waals surface area contributed by atoms with Crippen molar-refractivity contribution in [1.29, 1.82) is 0 Å². The molecule has 1 N–H and O–H groups in total. The lowest BCUT2D eigenvalue weighted by Crippen LogP contribution is -2.33. The van der Waals surface area contributed by atoms with Gasteiger partial charge in [-0.25, -0.2) is 9.48 Å². The predicted molar refractivity (Wildman–Crippen MR) is 72.0 cm³/mol. The van der Waals surface area contributed by atoms with Gasteiger partial charge < -0.3 is 0 Å². The van der Waals surface area contributed by atoms with Gasteiger partial charge in [-0.3, -0.25) is 9.78 Å². The maximum atomic E-state index is 12.6. The molecule has 0 atom stereocenters. The predicted octanol–water partition coefficient (Wildman–Crippen LogP) is 1.96. The van der Waals surface area contributed by atoms with Crippen LogP contribution in [0.2, 0.25) is 0 Å². The highest BCUT2D eigenvalue weighted by Crippen LogP contribution is 2.29. The van der Waals surface area contributed by atoms with Gasteiger partial charge in [-0.2, -0.15) is 18.3 Å². The molecule has 1 aromatic heterocycles. The molecule has 0 radical (unpaired) electrons. The van der Waals surface area contributed by atoms with Gasteiger partial charge in [-0.15, -0.1) is 0 Å². The first-order chi connectivity index (χ1) is 9.77. The van der Waals surface area contributed by atoms with Gasteiger partial charge in [-0.1, -0.05) is 18.2 Å². The quantitative estimate of drug-likeness (QED) is 0.906. The van der Waals surface area contributed by atoms with Crippen molar-refractivity contribution in [3.63, 3.8) is 0 Å². The highest BCUT2D eigenvalue weighted by Gasteiger charge is 2.30. The van der Waals surface area contributed by atoms with Crippen LogP contribution in [0.15, 0.2) is 38.5 Å². The molecule has 0 spiro atoms. The summed E-state index contributed by atoms with van der Waals surface area (Å²) in [5.41, 5.74) is -1.70. The van der Waals surface area contributed by atoms with E-state index in [9.17, 15) is 22.8 Å². The van der Waals surface area contributed by atoms with E-state index in [0.717, 1.165) is 16.8 Å². The molecule has 2 aromatic rings. The average Bonchev–Trinajstić information content (AvgIpc) is 2.41. The minimum Gasteiger partial charge on any atom is -0.270 e. The summed E-state index contributed by atoms with van der Waals surface area (Å²) in [6, 6.07) is 4.83. The molecule has 0 fully saturated rings. The molecule has 1 heterocycles. The van der Waals surface area contributed by atoms with Crippen LogP contribution in [-0.4, -0.2) is 14.8 Å². The Balaban J connectivity index is 2.19. The molecule has 9 heteroatoms. The summed E-state index contributed by atoms with van der Waals surface area (Å²) in [7, 11) is 0. The highest BCUT2D eigenvalue weighted by atomic mass is 79.9. The molecule has 0 aliphatic heterocycles. The zero-order valence-electron chi connectivity index (χ0n) is 10.4. The Kier molecular flexibility index (Phi) is 4.31. The topological polar surface area (TPSA) is 67.8 Å². The lowest BCUT2D eigenvalue weighted by atomic mass is 10.1. The lowest BCUT2D eigenvalue weighted by molar-refractivity contribution is -0.137. The first kappa shape index (κ1) is 15.5. The van der Waals surface area contributed by atoms with E-state index in [-0.39, 0.29) is 17.6 Å². The molecule has 0 unspecified atom stereocenters. The van der Waals surface area contributed by atoms with Crippen molar-refractivity contribution < 1.29 is 13.2 Å². The smallest absolute Gasteiger partial charge is 0.270 e. The van der Waals surface area contributed by atoms with Gasteiger partial charge >= 0.3 is 11.9 Å². The number of benzene rings is 1. The zero-order chi connectivity index (χ0) is 15.6. The summed E-state index contributed by atoms with van der Waals surface area (Å²) in [5, 5.41) is 3.71. The third kappa shape index (κ3) is 3.81. The van der Waals surface area contributed by atoms with Crippen LogP contribution in [0.25, 0.3) is 0 Å². The number of hydrogen-bond acceptors (Lipinski definition) is 3. The number of alkyl halides is 3. The van der Waals surface area contributed by atoms with Crippen LogP contribution < -0.4 is 11.2 Å². The van der Waals surface area contributed by atoms with Crippen molar-refractivity contribution in [2.24, 2.45) is 0 Å². The van der Waals surface area contributed by atoms with Gasteiger partial charge in [0.05, 0.1) is 12.1 Å². The number of nitrogens with zero attached hydrogens (tertiary/aromatic N) is 2. The monoisotopic (exact) mass is 363 g/mol. The van der Waals surface area contributed by atoms with Gasteiger partial charge in [0, 0.05) is 0 Å². The van der Waals surface area contributed by atoms with E-state index in [1.165, 1.54) is 12.1 Å². The van der Waals surface area contributed by atoms with E-state index in [2.05, 4.69) is 21.0 Å². The number of aromatic nitrogens is 3. The molecule has 112 valence electrons. The fourth-order valence-electron chi connectivity index (χ4n) is 1.70. The van der Waals surface area contributed by atoms with Crippen LogP contribution in [-0.2, 0) is 19.1 Å². The molecular weight excluding hydrogens is 355 g/mol. The number of aromatic amines is 1. The van der Waals surface area contributed by atoms with E-state index in [0.29, 0.717) is 5.56 Å². The SMILES string of the molecule is O=c1[nH]c(=O)n(CCc2cccc(C(F)(F)F)c2)nc1Br. The summed E-state index contributed by atoms with van der Waals surface area (Å²) < 4.78 is 38.7. The third-order valence-electron chi connectivity index (χ3n) is 2.72. The second-order valence-electron chi connectivity index (χ2n) is 4.22. The average molecular weight is 364 g/mol. The first-order valence-electron chi connectivity index (χ1n) is 5.80.